The molecular weight excluding hydrogens is 402 g/mol. The van der Waals surface area contributed by atoms with Crippen LogP contribution in [0.25, 0.3) is 0 Å². The molecule has 0 bridgehead atoms. The quantitative estimate of drug-likeness (QED) is 0.553. The number of rotatable bonds is 6. The Morgan fingerprint density at radius 2 is 2.07 bits per heavy atom. The molecule has 0 spiro atoms. The van der Waals surface area contributed by atoms with Crippen molar-refractivity contribution in [1.82, 2.24) is 9.97 Å². The van der Waals surface area contributed by atoms with Gasteiger partial charge in [0.1, 0.15) is 12.1 Å². The number of carbonyl (C=O) groups is 1. The first-order valence-electron chi connectivity index (χ1n) is 9.64. The molecule has 1 aliphatic carbocycles. The van der Waals surface area contributed by atoms with Gasteiger partial charge < -0.3 is 10.4 Å². The maximum absolute atomic E-state index is 13.2. The molecule has 7 heteroatoms. The van der Waals surface area contributed by atoms with Crippen LogP contribution < -0.4 is 5.32 Å². The van der Waals surface area contributed by atoms with Gasteiger partial charge in [-0.2, -0.15) is 0 Å². The van der Waals surface area contributed by atoms with Gasteiger partial charge in [-0.05, 0) is 43.9 Å². The normalized spacial score (nSPS) is 21.3. The summed E-state index contributed by atoms with van der Waals surface area (Å²) in [6, 6.07) is 12.2. The summed E-state index contributed by atoms with van der Waals surface area (Å²) in [5, 5.41) is 13.4. The Bertz CT molecular complexity index is 996. The molecule has 1 aliphatic rings. The van der Waals surface area contributed by atoms with Crippen molar-refractivity contribution in [3.8, 4) is 0 Å². The number of aliphatic hydroxyl groups is 1. The lowest BCUT2D eigenvalue weighted by molar-refractivity contribution is 0.104. The van der Waals surface area contributed by atoms with Crippen LogP contribution in [0.1, 0.15) is 39.9 Å². The van der Waals surface area contributed by atoms with Gasteiger partial charge in [0.2, 0.25) is 5.78 Å². The summed E-state index contributed by atoms with van der Waals surface area (Å²) in [7, 11) is 0. The van der Waals surface area contributed by atoms with Gasteiger partial charge in [-0.15, -0.1) is 11.3 Å². The lowest BCUT2D eigenvalue weighted by Gasteiger charge is -2.15. The first kappa shape index (κ1) is 20.1. The van der Waals surface area contributed by atoms with Crippen LogP contribution in [0.5, 0.6) is 0 Å². The molecule has 5 nitrogen and oxygen atoms in total. The highest BCUT2D eigenvalue weighted by molar-refractivity contribution is 7.99. The molecule has 2 aromatic heterocycles. The van der Waals surface area contributed by atoms with Crippen LogP contribution in [0.2, 0.25) is 0 Å². The number of aromatic nitrogens is 2. The minimum Gasteiger partial charge on any atom is -0.393 e. The van der Waals surface area contributed by atoms with Gasteiger partial charge in [0.05, 0.1) is 16.5 Å². The number of ketones is 1. The molecule has 0 aliphatic heterocycles. The van der Waals surface area contributed by atoms with Gasteiger partial charge in [-0.25, -0.2) is 9.97 Å². The van der Waals surface area contributed by atoms with Gasteiger partial charge in [-0.1, -0.05) is 36.9 Å². The maximum atomic E-state index is 13.2. The van der Waals surface area contributed by atoms with Crippen molar-refractivity contribution < 1.29 is 9.90 Å². The lowest BCUT2D eigenvalue weighted by atomic mass is 10.1. The van der Waals surface area contributed by atoms with E-state index in [1.807, 2.05) is 38.1 Å². The van der Waals surface area contributed by atoms with E-state index < -0.39 is 0 Å². The predicted octanol–water partition coefficient (Wildman–Crippen LogP) is 4.80. The molecule has 29 heavy (non-hydrogen) atoms. The number of carbonyl (C=O) groups excluding carboxylic acids is 1. The molecule has 1 saturated carbocycles. The van der Waals surface area contributed by atoms with Crippen molar-refractivity contribution in [1.29, 1.82) is 0 Å². The fraction of sp³-hybridized carbons (Fsp3) is 0.318. The van der Waals surface area contributed by atoms with Crippen LogP contribution in [-0.4, -0.2) is 33.0 Å². The highest BCUT2D eigenvalue weighted by atomic mass is 32.2. The molecule has 0 unspecified atom stereocenters. The largest absolute Gasteiger partial charge is 0.393 e. The Morgan fingerprint density at radius 3 is 2.79 bits per heavy atom. The van der Waals surface area contributed by atoms with Crippen molar-refractivity contribution in [3.05, 3.63) is 64.2 Å². The molecular formula is C22H23N3O2S2. The second-order valence-corrected chi connectivity index (χ2v) is 9.79. The fourth-order valence-corrected chi connectivity index (χ4v) is 5.64. The highest BCUT2D eigenvalue weighted by Gasteiger charge is 2.31. The number of aliphatic hydroxyl groups excluding tert-OH is 1. The van der Waals surface area contributed by atoms with E-state index in [1.165, 1.54) is 17.7 Å². The van der Waals surface area contributed by atoms with Gasteiger partial charge in [0, 0.05) is 26.9 Å². The zero-order valence-corrected chi connectivity index (χ0v) is 18.0. The van der Waals surface area contributed by atoms with E-state index >= 15 is 0 Å². The highest BCUT2D eigenvalue weighted by Crippen LogP contribution is 2.36. The molecule has 2 N–H and O–H groups in total. The zero-order chi connectivity index (χ0) is 20.4. The van der Waals surface area contributed by atoms with E-state index in [-0.39, 0.29) is 23.8 Å². The monoisotopic (exact) mass is 425 g/mol. The Kier molecular flexibility index (Phi) is 5.99. The van der Waals surface area contributed by atoms with Crippen LogP contribution in [0.3, 0.4) is 0 Å². The standard InChI is InChI=1S/C22H23N3O2S2/c1-13-8-15(9-18(13)26)25-22-17(11-23-12-24-22)21(27)20-10-19(14(2)28-20)29-16-6-4-3-5-7-16/h3-7,10-13,15,18,26H,8-9H2,1-2H3,(H,23,24,25)/t13-,15-,18+/m1/s1. The molecule has 0 amide bonds. The van der Waals surface area contributed by atoms with Crippen molar-refractivity contribution >= 4 is 34.7 Å². The molecule has 2 heterocycles. The summed E-state index contributed by atoms with van der Waals surface area (Å²) in [6.45, 7) is 4.08. The van der Waals surface area contributed by atoms with Crippen molar-refractivity contribution in [3.63, 3.8) is 0 Å². The summed E-state index contributed by atoms with van der Waals surface area (Å²) in [6.07, 6.45) is 4.23. The number of hydrogen-bond acceptors (Lipinski definition) is 7. The molecule has 3 atom stereocenters. The van der Waals surface area contributed by atoms with E-state index in [2.05, 4.69) is 27.4 Å². The smallest absolute Gasteiger partial charge is 0.208 e. The zero-order valence-electron chi connectivity index (χ0n) is 16.3. The molecule has 1 fully saturated rings. The van der Waals surface area contributed by atoms with Crippen LogP contribution >= 0.6 is 23.1 Å². The molecule has 150 valence electrons. The van der Waals surface area contributed by atoms with Gasteiger partial charge in [0.25, 0.3) is 0 Å². The van der Waals surface area contributed by atoms with Gasteiger partial charge in [0.15, 0.2) is 0 Å². The van der Waals surface area contributed by atoms with E-state index in [0.29, 0.717) is 22.7 Å². The number of nitrogens with zero attached hydrogens (tertiary/aromatic N) is 2. The number of hydrogen-bond donors (Lipinski definition) is 2. The third-order valence-electron chi connectivity index (χ3n) is 5.20. The van der Waals surface area contributed by atoms with E-state index in [0.717, 1.165) is 21.1 Å². The van der Waals surface area contributed by atoms with Crippen LogP contribution in [-0.2, 0) is 0 Å². The third-order valence-corrected chi connectivity index (χ3v) is 7.53. The third kappa shape index (κ3) is 4.52. The Morgan fingerprint density at radius 1 is 1.28 bits per heavy atom. The van der Waals surface area contributed by atoms with E-state index in [1.54, 1.807) is 18.0 Å². The SMILES string of the molecule is Cc1sc(C(=O)c2cncnc2N[C@@H]2C[C@@H](C)[C@@H](O)C2)cc1Sc1ccccc1. The number of benzene rings is 1. The average Bonchev–Trinajstić information content (AvgIpc) is 3.24. The summed E-state index contributed by atoms with van der Waals surface area (Å²) >= 11 is 3.16. The predicted molar refractivity (Wildman–Crippen MR) is 117 cm³/mol. The lowest BCUT2D eigenvalue weighted by Crippen LogP contribution is -2.20. The van der Waals surface area contributed by atoms with Crippen LogP contribution in [0.4, 0.5) is 5.82 Å². The Labute approximate surface area is 178 Å². The second kappa shape index (κ2) is 8.65. The summed E-state index contributed by atoms with van der Waals surface area (Å²) in [4.78, 5) is 25.6. The fourth-order valence-electron chi connectivity index (χ4n) is 3.57. The number of anilines is 1. The summed E-state index contributed by atoms with van der Waals surface area (Å²) < 4.78 is 0. The summed E-state index contributed by atoms with van der Waals surface area (Å²) in [5.41, 5.74) is 0.471. The van der Waals surface area contributed by atoms with Gasteiger partial charge in [-0.3, -0.25) is 4.79 Å². The molecule has 1 aromatic carbocycles. The van der Waals surface area contributed by atoms with E-state index in [4.69, 9.17) is 0 Å². The molecule has 0 radical (unpaired) electrons. The minimum atomic E-state index is -0.314. The first-order valence-corrected chi connectivity index (χ1v) is 11.3. The maximum Gasteiger partial charge on any atom is 0.208 e. The van der Waals surface area contributed by atoms with Crippen LogP contribution in [0, 0.1) is 12.8 Å². The van der Waals surface area contributed by atoms with Crippen molar-refractivity contribution in [2.75, 3.05) is 5.32 Å². The van der Waals surface area contributed by atoms with Crippen molar-refractivity contribution in [2.24, 2.45) is 5.92 Å². The average molecular weight is 426 g/mol. The Balaban J connectivity index is 1.55. The molecule has 4 rings (SSSR count). The van der Waals surface area contributed by atoms with Crippen molar-refractivity contribution in [2.45, 2.75) is 48.6 Å². The second-order valence-electron chi connectivity index (χ2n) is 7.42. The van der Waals surface area contributed by atoms with Gasteiger partial charge >= 0.3 is 0 Å². The number of thiophene rings is 1. The van der Waals surface area contributed by atoms with E-state index in [9.17, 15) is 9.90 Å². The Hall–Kier alpha value is -2.22. The summed E-state index contributed by atoms with van der Waals surface area (Å²) in [5.74, 6) is 0.707. The first-order chi connectivity index (χ1) is 14.0. The topological polar surface area (TPSA) is 75.1 Å². The molecule has 0 saturated heterocycles. The number of nitrogens with one attached hydrogen (secondary N) is 1. The minimum absolute atomic E-state index is 0.0762. The van der Waals surface area contributed by atoms with Crippen LogP contribution in [0.15, 0.2) is 58.7 Å². The number of aryl methyl sites for hydroxylation is 1. The molecule has 3 aromatic rings.